The lowest BCUT2D eigenvalue weighted by molar-refractivity contribution is -0.146. The number of alkyl halides is 3. The first kappa shape index (κ1) is 17.7. The van der Waals surface area contributed by atoms with Gasteiger partial charge >= 0.3 is 6.18 Å². The van der Waals surface area contributed by atoms with Crippen molar-refractivity contribution in [2.24, 2.45) is 5.92 Å². The van der Waals surface area contributed by atoms with Crippen LogP contribution in [-0.2, 0) is 10.2 Å². The van der Waals surface area contributed by atoms with Crippen LogP contribution in [0.1, 0.15) is 20.3 Å². The Balaban J connectivity index is 2.67. The summed E-state index contributed by atoms with van der Waals surface area (Å²) in [6.45, 7) is 3.62. The Labute approximate surface area is 118 Å². The van der Waals surface area contributed by atoms with Crippen molar-refractivity contribution in [3.63, 3.8) is 0 Å². The Morgan fingerprint density at radius 3 is 2.45 bits per heavy atom. The number of hydrogen-bond donors (Lipinski definition) is 1. The molecule has 0 radical (unpaired) electrons. The maximum atomic E-state index is 12.4. The van der Waals surface area contributed by atoms with E-state index in [9.17, 15) is 21.6 Å². The summed E-state index contributed by atoms with van der Waals surface area (Å²) in [5.41, 5.74) is 0. The fourth-order valence-corrected chi connectivity index (χ4v) is 3.64. The zero-order valence-corrected chi connectivity index (χ0v) is 12.6. The summed E-state index contributed by atoms with van der Waals surface area (Å²) in [6, 6.07) is 0. The molecule has 5 nitrogen and oxygen atoms in total. The van der Waals surface area contributed by atoms with Crippen LogP contribution in [-0.4, -0.2) is 63.1 Å². The maximum absolute atomic E-state index is 12.4. The Hall–Kier alpha value is -0.380. The molecule has 1 rings (SSSR count). The number of rotatable bonds is 5. The lowest BCUT2D eigenvalue weighted by atomic mass is 10.2. The van der Waals surface area contributed by atoms with E-state index >= 15 is 0 Å². The number of halogens is 3. The van der Waals surface area contributed by atoms with Gasteiger partial charge in [-0.15, -0.1) is 0 Å². The van der Waals surface area contributed by atoms with Gasteiger partial charge in [0.2, 0.25) is 0 Å². The van der Waals surface area contributed by atoms with Crippen LogP contribution in [0.5, 0.6) is 0 Å². The second kappa shape index (κ2) is 7.06. The van der Waals surface area contributed by atoms with E-state index in [2.05, 4.69) is 4.72 Å². The van der Waals surface area contributed by atoms with Crippen molar-refractivity contribution < 1.29 is 21.6 Å². The normalized spacial score (nSPS) is 23.8. The highest BCUT2D eigenvalue weighted by atomic mass is 32.2. The molecule has 1 aliphatic heterocycles. The Bertz CT molecular complexity index is 400. The van der Waals surface area contributed by atoms with Gasteiger partial charge < -0.3 is 0 Å². The van der Waals surface area contributed by atoms with E-state index in [0.29, 0.717) is 13.0 Å². The predicted molar refractivity (Wildman–Crippen MR) is 70.4 cm³/mol. The van der Waals surface area contributed by atoms with Gasteiger partial charge in [-0.2, -0.15) is 25.9 Å². The van der Waals surface area contributed by atoms with Crippen LogP contribution in [0.4, 0.5) is 13.2 Å². The fraction of sp³-hybridized carbons (Fsp3) is 1.00. The lowest BCUT2D eigenvalue weighted by Crippen LogP contribution is -2.44. The molecule has 20 heavy (non-hydrogen) atoms. The quantitative estimate of drug-likeness (QED) is 0.824. The molecule has 1 N–H and O–H groups in total. The Morgan fingerprint density at radius 2 is 1.90 bits per heavy atom. The summed E-state index contributed by atoms with van der Waals surface area (Å²) in [4.78, 5) is 1.26. The number of nitrogens with one attached hydrogen (secondary N) is 1. The van der Waals surface area contributed by atoms with Gasteiger partial charge in [-0.25, -0.2) is 4.72 Å². The predicted octanol–water partition coefficient (Wildman–Crippen LogP) is 1.05. The van der Waals surface area contributed by atoms with Crippen LogP contribution in [0.15, 0.2) is 0 Å². The standard InChI is InChI=1S/C11H22F3N3O2S/c1-3-4-15-20(18,19)17-6-5-16(7-10(2)8-17)9-11(12,13)14/h10,15H,3-9H2,1-2H3. The zero-order valence-electron chi connectivity index (χ0n) is 11.8. The van der Waals surface area contributed by atoms with Crippen molar-refractivity contribution in [2.45, 2.75) is 26.4 Å². The first-order valence-corrected chi connectivity index (χ1v) is 8.12. The van der Waals surface area contributed by atoms with E-state index < -0.39 is 22.9 Å². The number of hydrogen-bond acceptors (Lipinski definition) is 3. The molecule has 1 heterocycles. The molecule has 0 spiro atoms. The molecule has 1 unspecified atom stereocenters. The van der Waals surface area contributed by atoms with Gasteiger partial charge in [0.15, 0.2) is 0 Å². The van der Waals surface area contributed by atoms with Crippen molar-refractivity contribution in [1.82, 2.24) is 13.9 Å². The van der Waals surface area contributed by atoms with Crippen LogP contribution in [0.3, 0.4) is 0 Å². The third-order valence-electron chi connectivity index (χ3n) is 3.03. The van der Waals surface area contributed by atoms with Crippen molar-refractivity contribution in [3.05, 3.63) is 0 Å². The second-order valence-corrected chi connectivity index (χ2v) is 6.97. The second-order valence-electron chi connectivity index (χ2n) is 5.21. The van der Waals surface area contributed by atoms with Gasteiger partial charge in [-0.05, 0) is 12.3 Å². The molecule has 9 heteroatoms. The maximum Gasteiger partial charge on any atom is 0.401 e. The van der Waals surface area contributed by atoms with Crippen LogP contribution in [0, 0.1) is 5.92 Å². The van der Waals surface area contributed by atoms with Gasteiger partial charge in [0.1, 0.15) is 0 Å². The average Bonchev–Trinajstić information content (AvgIpc) is 2.46. The molecular weight excluding hydrogens is 295 g/mol. The molecule has 120 valence electrons. The summed E-state index contributed by atoms with van der Waals surface area (Å²) in [7, 11) is -3.59. The van der Waals surface area contributed by atoms with E-state index in [4.69, 9.17) is 0 Å². The summed E-state index contributed by atoms with van der Waals surface area (Å²) in [5, 5.41) is 0. The first-order chi connectivity index (χ1) is 9.14. The highest BCUT2D eigenvalue weighted by molar-refractivity contribution is 7.87. The molecule has 0 aromatic rings. The largest absolute Gasteiger partial charge is 0.401 e. The van der Waals surface area contributed by atoms with E-state index in [1.165, 1.54) is 9.21 Å². The van der Waals surface area contributed by atoms with Crippen molar-refractivity contribution in [2.75, 3.05) is 39.3 Å². The molecule has 0 amide bonds. The van der Waals surface area contributed by atoms with Crippen LogP contribution in [0.2, 0.25) is 0 Å². The fourth-order valence-electron chi connectivity index (χ4n) is 2.22. The smallest absolute Gasteiger partial charge is 0.293 e. The molecule has 0 aliphatic carbocycles. The third kappa shape index (κ3) is 5.94. The third-order valence-corrected chi connectivity index (χ3v) is 4.61. The van der Waals surface area contributed by atoms with Gasteiger partial charge in [0.05, 0.1) is 6.54 Å². The monoisotopic (exact) mass is 317 g/mol. The summed E-state index contributed by atoms with van der Waals surface area (Å²) >= 11 is 0. The van der Waals surface area contributed by atoms with Crippen molar-refractivity contribution >= 4 is 10.2 Å². The highest BCUT2D eigenvalue weighted by Crippen LogP contribution is 2.19. The van der Waals surface area contributed by atoms with Gasteiger partial charge in [0.25, 0.3) is 10.2 Å². The molecule has 1 fully saturated rings. The minimum atomic E-state index is -4.26. The summed E-state index contributed by atoms with van der Waals surface area (Å²) < 4.78 is 64.9. The van der Waals surface area contributed by atoms with Crippen molar-refractivity contribution in [3.8, 4) is 0 Å². The molecule has 0 aromatic heterocycles. The molecule has 0 aromatic carbocycles. The summed E-state index contributed by atoms with van der Waals surface area (Å²) in [6.07, 6.45) is -3.59. The highest BCUT2D eigenvalue weighted by Gasteiger charge is 2.34. The Kier molecular flexibility index (Phi) is 6.24. The molecular formula is C11H22F3N3O2S. The molecule has 1 saturated heterocycles. The van der Waals surface area contributed by atoms with E-state index in [1.54, 1.807) is 6.92 Å². The minimum Gasteiger partial charge on any atom is -0.293 e. The molecule has 1 aliphatic rings. The first-order valence-electron chi connectivity index (χ1n) is 6.68. The zero-order chi connectivity index (χ0) is 15.4. The van der Waals surface area contributed by atoms with Crippen LogP contribution < -0.4 is 4.72 Å². The van der Waals surface area contributed by atoms with Gasteiger partial charge in [-0.1, -0.05) is 13.8 Å². The van der Waals surface area contributed by atoms with E-state index in [-0.39, 0.29) is 32.1 Å². The van der Waals surface area contributed by atoms with Crippen LogP contribution >= 0.6 is 0 Å². The van der Waals surface area contributed by atoms with Crippen molar-refractivity contribution in [1.29, 1.82) is 0 Å². The molecule has 0 saturated carbocycles. The van der Waals surface area contributed by atoms with E-state index in [0.717, 1.165) is 0 Å². The summed E-state index contributed by atoms with van der Waals surface area (Å²) in [5.74, 6) is -0.141. The Morgan fingerprint density at radius 1 is 1.25 bits per heavy atom. The lowest BCUT2D eigenvalue weighted by Gasteiger charge is -2.22. The topological polar surface area (TPSA) is 52.7 Å². The SMILES string of the molecule is CCCNS(=O)(=O)N1CCN(CC(F)(F)F)CC(C)C1. The molecule has 0 bridgehead atoms. The van der Waals surface area contributed by atoms with Gasteiger partial charge in [-0.3, -0.25) is 4.90 Å². The van der Waals surface area contributed by atoms with E-state index in [1.807, 2.05) is 6.92 Å². The average molecular weight is 317 g/mol. The minimum absolute atomic E-state index is 0.0828. The van der Waals surface area contributed by atoms with Crippen LogP contribution in [0.25, 0.3) is 0 Å². The molecule has 1 atom stereocenters. The number of nitrogens with zero attached hydrogens (tertiary/aromatic N) is 2. The van der Waals surface area contributed by atoms with Gasteiger partial charge in [0, 0.05) is 32.7 Å².